The predicted octanol–water partition coefficient (Wildman–Crippen LogP) is 4.18. The number of Topliss-reactive ketones (excluding diaryl/α,β-unsaturated/α-hetero) is 1. The first-order valence-corrected chi connectivity index (χ1v) is 8.22. The summed E-state index contributed by atoms with van der Waals surface area (Å²) in [7, 11) is 0. The van der Waals surface area contributed by atoms with Crippen LogP contribution in [0.25, 0.3) is 0 Å². The van der Waals surface area contributed by atoms with E-state index in [1.807, 2.05) is 32.2 Å². The Morgan fingerprint density at radius 3 is 2.38 bits per heavy atom. The molecule has 0 aliphatic carbocycles. The topological polar surface area (TPSA) is 33.2 Å². The molecule has 0 saturated carbocycles. The van der Waals surface area contributed by atoms with E-state index in [1.54, 1.807) is 0 Å². The van der Waals surface area contributed by atoms with Gasteiger partial charge in [-0.05, 0) is 43.2 Å². The Bertz CT molecular complexity index is 457. The van der Waals surface area contributed by atoms with Crippen molar-refractivity contribution in [1.29, 1.82) is 0 Å². The zero-order valence-electron chi connectivity index (χ0n) is 13.8. The molecule has 0 amide bonds. The summed E-state index contributed by atoms with van der Waals surface area (Å²) >= 11 is 0. The van der Waals surface area contributed by atoms with Crippen LogP contribution < -0.4 is 4.90 Å². The largest absolute Gasteiger partial charge is 0.370 e. The number of carbonyl (C=O) groups is 1. The van der Waals surface area contributed by atoms with Crippen LogP contribution in [0.15, 0.2) is 18.3 Å². The molecule has 0 bridgehead atoms. The lowest BCUT2D eigenvalue weighted by Gasteiger charge is -2.34. The van der Waals surface area contributed by atoms with Crippen molar-refractivity contribution in [3.8, 4) is 0 Å². The van der Waals surface area contributed by atoms with Crippen molar-refractivity contribution in [1.82, 2.24) is 4.98 Å². The van der Waals surface area contributed by atoms with Crippen LogP contribution in [0.3, 0.4) is 0 Å². The van der Waals surface area contributed by atoms with Crippen LogP contribution in [0, 0.1) is 17.8 Å². The van der Waals surface area contributed by atoms with Crippen LogP contribution in [-0.2, 0) is 0 Å². The van der Waals surface area contributed by atoms with Crippen LogP contribution in [0.5, 0.6) is 0 Å². The summed E-state index contributed by atoms with van der Waals surface area (Å²) in [6, 6.07) is 3.92. The molecule has 0 N–H and O–H groups in total. The van der Waals surface area contributed by atoms with Gasteiger partial charge in [-0.25, -0.2) is 0 Å². The highest BCUT2D eigenvalue weighted by molar-refractivity contribution is 5.95. The standard InChI is InChI=1S/C18H28N2O/c1-13(2)11-15-7-9-20(10-8-15)16-5-6-17(19-12-16)18(21)14(3)4/h5-6,12-15H,7-11H2,1-4H3. The summed E-state index contributed by atoms with van der Waals surface area (Å²) in [5.41, 5.74) is 1.74. The number of nitrogens with zero attached hydrogens (tertiary/aromatic N) is 2. The van der Waals surface area contributed by atoms with Gasteiger partial charge in [0.15, 0.2) is 5.78 Å². The van der Waals surface area contributed by atoms with E-state index < -0.39 is 0 Å². The molecule has 3 nitrogen and oxygen atoms in total. The third-order valence-electron chi connectivity index (χ3n) is 4.31. The summed E-state index contributed by atoms with van der Waals surface area (Å²) < 4.78 is 0. The van der Waals surface area contributed by atoms with E-state index in [0.717, 1.165) is 30.6 Å². The lowest BCUT2D eigenvalue weighted by atomic mass is 9.88. The fourth-order valence-corrected chi connectivity index (χ4v) is 3.11. The quantitative estimate of drug-likeness (QED) is 0.762. The van der Waals surface area contributed by atoms with Crippen LogP contribution in [0.2, 0.25) is 0 Å². The second-order valence-corrected chi connectivity index (χ2v) is 6.98. The number of aromatic nitrogens is 1. The van der Waals surface area contributed by atoms with E-state index in [4.69, 9.17) is 0 Å². The highest BCUT2D eigenvalue weighted by Gasteiger charge is 2.20. The SMILES string of the molecule is CC(C)CC1CCN(c2ccc(C(=O)C(C)C)nc2)CC1. The zero-order valence-corrected chi connectivity index (χ0v) is 13.8. The minimum Gasteiger partial charge on any atom is -0.370 e. The maximum atomic E-state index is 11.9. The first-order chi connectivity index (χ1) is 9.97. The molecule has 0 atom stereocenters. The Kier molecular flexibility index (Phi) is 5.38. The van der Waals surface area contributed by atoms with E-state index in [9.17, 15) is 4.79 Å². The van der Waals surface area contributed by atoms with Gasteiger partial charge >= 0.3 is 0 Å². The molecule has 0 aromatic carbocycles. The Labute approximate surface area is 128 Å². The normalized spacial score (nSPS) is 16.8. The molecule has 1 aromatic rings. The fourth-order valence-electron chi connectivity index (χ4n) is 3.11. The molecule has 1 aliphatic rings. The highest BCUT2D eigenvalue weighted by atomic mass is 16.1. The van der Waals surface area contributed by atoms with Gasteiger partial charge in [0, 0.05) is 19.0 Å². The van der Waals surface area contributed by atoms with E-state index in [2.05, 4.69) is 23.7 Å². The molecule has 3 heteroatoms. The van der Waals surface area contributed by atoms with Crippen LogP contribution in [-0.4, -0.2) is 23.9 Å². The molecule has 21 heavy (non-hydrogen) atoms. The number of piperidine rings is 1. The minimum absolute atomic E-state index is 0.00938. The van der Waals surface area contributed by atoms with E-state index >= 15 is 0 Å². The average Bonchev–Trinajstić information content (AvgIpc) is 2.47. The van der Waals surface area contributed by atoms with Gasteiger partial charge in [0.1, 0.15) is 5.69 Å². The van der Waals surface area contributed by atoms with Gasteiger partial charge in [-0.2, -0.15) is 0 Å². The number of rotatable bonds is 5. The van der Waals surface area contributed by atoms with Crippen molar-refractivity contribution in [3.05, 3.63) is 24.0 Å². The van der Waals surface area contributed by atoms with Gasteiger partial charge < -0.3 is 4.90 Å². The van der Waals surface area contributed by atoms with Gasteiger partial charge in [-0.1, -0.05) is 27.7 Å². The second kappa shape index (κ2) is 7.06. The molecule has 1 saturated heterocycles. The number of hydrogen-bond acceptors (Lipinski definition) is 3. The van der Waals surface area contributed by atoms with Crippen LogP contribution in [0.1, 0.15) is 57.4 Å². The van der Waals surface area contributed by atoms with Crippen LogP contribution >= 0.6 is 0 Å². The Morgan fingerprint density at radius 2 is 1.90 bits per heavy atom. The smallest absolute Gasteiger partial charge is 0.183 e. The zero-order chi connectivity index (χ0) is 15.4. The minimum atomic E-state index is 0.00938. The third kappa shape index (κ3) is 4.29. The molecule has 1 fully saturated rings. The number of pyridine rings is 1. The van der Waals surface area contributed by atoms with Crippen molar-refractivity contribution < 1.29 is 4.79 Å². The molecule has 2 heterocycles. The van der Waals surface area contributed by atoms with Gasteiger partial charge in [0.05, 0.1) is 11.9 Å². The summed E-state index contributed by atoms with van der Waals surface area (Å²) in [5, 5.41) is 0. The molecule has 0 spiro atoms. The Balaban J connectivity index is 1.93. The number of carbonyl (C=O) groups excluding carboxylic acids is 1. The van der Waals surface area contributed by atoms with Gasteiger partial charge in [0.25, 0.3) is 0 Å². The van der Waals surface area contributed by atoms with E-state index in [0.29, 0.717) is 5.69 Å². The van der Waals surface area contributed by atoms with Crippen molar-refractivity contribution in [2.45, 2.75) is 47.0 Å². The number of hydrogen-bond donors (Lipinski definition) is 0. The van der Waals surface area contributed by atoms with E-state index in [1.165, 1.54) is 19.3 Å². The predicted molar refractivity (Wildman–Crippen MR) is 87.8 cm³/mol. The van der Waals surface area contributed by atoms with Crippen molar-refractivity contribution >= 4 is 11.5 Å². The van der Waals surface area contributed by atoms with E-state index in [-0.39, 0.29) is 11.7 Å². The molecular formula is C18H28N2O. The first kappa shape index (κ1) is 16.0. The number of anilines is 1. The van der Waals surface area contributed by atoms with Crippen molar-refractivity contribution in [2.24, 2.45) is 17.8 Å². The summed E-state index contributed by atoms with van der Waals surface area (Å²) in [5.74, 6) is 1.80. The maximum Gasteiger partial charge on any atom is 0.183 e. The maximum absolute atomic E-state index is 11.9. The van der Waals surface area contributed by atoms with Crippen LogP contribution in [0.4, 0.5) is 5.69 Å². The van der Waals surface area contributed by atoms with Gasteiger partial charge in [0.2, 0.25) is 0 Å². The monoisotopic (exact) mass is 288 g/mol. The summed E-state index contributed by atoms with van der Waals surface area (Å²) in [6.45, 7) is 10.7. The molecule has 2 rings (SSSR count). The van der Waals surface area contributed by atoms with Gasteiger partial charge in [-0.15, -0.1) is 0 Å². The lowest BCUT2D eigenvalue weighted by molar-refractivity contribution is 0.0934. The Morgan fingerprint density at radius 1 is 1.24 bits per heavy atom. The second-order valence-electron chi connectivity index (χ2n) is 6.98. The fraction of sp³-hybridized carbons (Fsp3) is 0.667. The Hall–Kier alpha value is -1.38. The molecule has 1 aliphatic heterocycles. The molecule has 1 aromatic heterocycles. The molecule has 0 unspecified atom stereocenters. The van der Waals surface area contributed by atoms with Crippen molar-refractivity contribution in [2.75, 3.05) is 18.0 Å². The number of ketones is 1. The summed E-state index contributed by atoms with van der Waals surface area (Å²) in [6.07, 6.45) is 5.74. The van der Waals surface area contributed by atoms with Gasteiger partial charge in [-0.3, -0.25) is 9.78 Å². The molecule has 0 radical (unpaired) electrons. The van der Waals surface area contributed by atoms with Crippen molar-refractivity contribution in [3.63, 3.8) is 0 Å². The summed E-state index contributed by atoms with van der Waals surface area (Å²) in [4.78, 5) is 18.6. The first-order valence-electron chi connectivity index (χ1n) is 8.22. The molecular weight excluding hydrogens is 260 g/mol. The average molecular weight is 288 g/mol. The molecule has 116 valence electrons. The lowest BCUT2D eigenvalue weighted by Crippen LogP contribution is -2.34. The highest BCUT2D eigenvalue weighted by Crippen LogP contribution is 2.27. The third-order valence-corrected chi connectivity index (χ3v) is 4.31.